The zero-order valence-electron chi connectivity index (χ0n) is 10.1. The fraction of sp³-hybridized carbons (Fsp3) is 0.700. The van der Waals surface area contributed by atoms with Crippen molar-refractivity contribution in [3.8, 4) is 0 Å². The lowest BCUT2D eigenvalue weighted by Gasteiger charge is -2.23. The van der Waals surface area contributed by atoms with Crippen LogP contribution in [0.4, 0.5) is 0 Å². The summed E-state index contributed by atoms with van der Waals surface area (Å²) in [7, 11) is 0. The van der Waals surface area contributed by atoms with E-state index in [1.807, 2.05) is 17.2 Å². The Morgan fingerprint density at radius 2 is 2.46 bits per heavy atom. The predicted octanol–water partition coefficient (Wildman–Crippen LogP) is 1.71. The van der Waals surface area contributed by atoms with Gasteiger partial charge in [0.15, 0.2) is 0 Å². The molecule has 1 heterocycles. The summed E-state index contributed by atoms with van der Waals surface area (Å²) in [6, 6.07) is 0. The van der Waals surface area contributed by atoms with Crippen LogP contribution in [0.1, 0.15) is 29.4 Å². The zero-order chi connectivity index (χ0) is 11.7. The minimum Gasteiger partial charge on any atom is -0.481 e. The quantitative estimate of drug-likeness (QED) is 0.724. The Balaban J connectivity index is 2.72. The van der Waals surface area contributed by atoms with Gasteiger partial charge in [-0.15, -0.1) is 0 Å². The van der Waals surface area contributed by atoms with Gasteiger partial charge >= 0.3 is 5.97 Å². The molecule has 0 atom stereocenters. The molecule has 0 aromatic carbocycles. The number of aliphatic carboxylic acids is 1. The van der Waals surface area contributed by atoms with Crippen LogP contribution in [0.5, 0.6) is 0 Å². The zero-order valence-corrected chi connectivity index (χ0v) is 8.08. The van der Waals surface area contributed by atoms with Crippen LogP contribution in [-0.4, -0.2) is 29.1 Å². The molecular weight excluding hydrogens is 166 g/mol. The van der Waals surface area contributed by atoms with Crippen LogP contribution in [0.3, 0.4) is 0 Å². The van der Waals surface area contributed by atoms with Crippen LogP contribution in [0.2, 0.25) is 0 Å². The fourth-order valence-corrected chi connectivity index (χ4v) is 1.05. The molecule has 0 aliphatic carbocycles. The second-order valence-corrected chi connectivity index (χ2v) is 3.75. The van der Waals surface area contributed by atoms with Crippen molar-refractivity contribution in [1.82, 2.24) is 4.90 Å². The summed E-state index contributed by atoms with van der Waals surface area (Å²) in [4.78, 5) is 12.8. The van der Waals surface area contributed by atoms with E-state index in [0.717, 1.165) is 13.0 Å². The van der Waals surface area contributed by atoms with Gasteiger partial charge in [-0.25, -0.2) is 0 Å². The Morgan fingerprint density at radius 1 is 1.77 bits per heavy atom. The third-order valence-electron chi connectivity index (χ3n) is 2.16. The summed E-state index contributed by atoms with van der Waals surface area (Å²) in [6.07, 6.45) is 2.96. The Bertz CT molecular complexity index is 287. The highest BCUT2D eigenvalue weighted by Gasteiger charge is 2.27. The van der Waals surface area contributed by atoms with E-state index < -0.39 is 17.8 Å². The lowest BCUT2D eigenvalue weighted by Crippen LogP contribution is -2.29. The number of carbonyl (C=O) groups is 1. The van der Waals surface area contributed by atoms with Crippen molar-refractivity contribution >= 4 is 5.97 Å². The van der Waals surface area contributed by atoms with E-state index in [2.05, 4.69) is 0 Å². The van der Waals surface area contributed by atoms with Crippen LogP contribution in [0.25, 0.3) is 0 Å². The molecule has 0 spiro atoms. The monoisotopic (exact) mass is 185 g/mol. The van der Waals surface area contributed by atoms with Crippen molar-refractivity contribution in [3.63, 3.8) is 0 Å². The first-order valence-corrected chi connectivity index (χ1v) is 4.41. The maximum atomic E-state index is 11.0. The number of rotatable bonds is 4. The molecule has 0 fully saturated rings. The van der Waals surface area contributed by atoms with Crippen molar-refractivity contribution in [2.24, 2.45) is 5.41 Å². The van der Waals surface area contributed by atoms with Gasteiger partial charge in [0.05, 0.1) is 5.41 Å². The number of hydrogen-bond donors (Lipinski definition) is 1. The lowest BCUT2D eigenvalue weighted by atomic mass is 9.89. The van der Waals surface area contributed by atoms with Gasteiger partial charge in [0, 0.05) is 15.8 Å². The van der Waals surface area contributed by atoms with Crippen LogP contribution < -0.4 is 0 Å². The number of carboxylic acids is 1. The molecule has 0 saturated heterocycles. The van der Waals surface area contributed by atoms with Gasteiger partial charge in [-0.3, -0.25) is 4.79 Å². The average molecular weight is 185 g/mol. The summed E-state index contributed by atoms with van der Waals surface area (Å²) in [6.45, 7) is 3.75. The molecule has 0 amide bonds. The first-order chi connectivity index (χ1) is 6.77. The third kappa shape index (κ3) is 2.76. The molecule has 3 nitrogen and oxygen atoms in total. The second-order valence-electron chi connectivity index (χ2n) is 3.75. The van der Waals surface area contributed by atoms with Crippen LogP contribution in [0, 0.1) is 5.41 Å². The van der Waals surface area contributed by atoms with Crippen molar-refractivity contribution < 1.29 is 12.6 Å². The van der Waals surface area contributed by atoms with E-state index in [-0.39, 0.29) is 6.54 Å². The molecule has 0 aromatic rings. The highest BCUT2D eigenvalue weighted by molar-refractivity contribution is 5.73. The van der Waals surface area contributed by atoms with Gasteiger partial charge in [0.2, 0.25) is 0 Å². The van der Waals surface area contributed by atoms with Gasteiger partial charge in [-0.2, -0.15) is 0 Å². The molecule has 1 aliphatic heterocycles. The standard InChI is InChI=1S/C10H17NO2/c1-10(2,9(12)13)5-8-11-6-3-4-7-11/h3,6H,4-5,7-8H2,1-2H3,(H,12,13)/i5D2. The van der Waals surface area contributed by atoms with Gasteiger partial charge in [0.25, 0.3) is 0 Å². The molecule has 1 aliphatic rings. The summed E-state index contributed by atoms with van der Waals surface area (Å²) in [5.41, 5.74) is -1.37. The van der Waals surface area contributed by atoms with E-state index in [0.29, 0.717) is 0 Å². The van der Waals surface area contributed by atoms with E-state index in [9.17, 15) is 4.79 Å². The molecule has 74 valence electrons. The van der Waals surface area contributed by atoms with Gasteiger partial charge in [-0.1, -0.05) is 6.08 Å². The molecule has 3 heteroatoms. The average Bonchev–Trinajstić information content (AvgIpc) is 2.55. The highest BCUT2D eigenvalue weighted by atomic mass is 16.4. The number of nitrogens with zero attached hydrogens (tertiary/aromatic N) is 1. The maximum absolute atomic E-state index is 11.0. The summed E-state index contributed by atoms with van der Waals surface area (Å²) in [5.74, 6) is -1.10. The summed E-state index contributed by atoms with van der Waals surface area (Å²) < 4.78 is 15.7. The van der Waals surface area contributed by atoms with Crippen molar-refractivity contribution in [2.75, 3.05) is 13.1 Å². The normalized spacial score (nSPS) is 20.0. The minimum absolute atomic E-state index is 0.128. The summed E-state index contributed by atoms with van der Waals surface area (Å²) >= 11 is 0. The SMILES string of the molecule is [2H]C([2H])(CN1C=CCC1)C(C)(C)C(=O)O. The number of carboxylic acid groups (broad SMARTS) is 1. The molecule has 0 unspecified atom stereocenters. The largest absolute Gasteiger partial charge is 0.481 e. The topological polar surface area (TPSA) is 40.5 Å². The molecule has 0 bridgehead atoms. The Labute approximate surface area is 81.9 Å². The molecule has 0 saturated carbocycles. The van der Waals surface area contributed by atoms with E-state index in [4.69, 9.17) is 7.85 Å². The molecule has 13 heavy (non-hydrogen) atoms. The van der Waals surface area contributed by atoms with Gasteiger partial charge in [0.1, 0.15) is 0 Å². The van der Waals surface area contributed by atoms with E-state index in [1.165, 1.54) is 13.8 Å². The van der Waals surface area contributed by atoms with Gasteiger partial charge in [-0.05, 0) is 32.8 Å². The van der Waals surface area contributed by atoms with E-state index >= 15 is 0 Å². The minimum atomic E-state index is -1.74. The molecule has 0 radical (unpaired) electrons. The predicted molar refractivity (Wildman–Crippen MR) is 51.4 cm³/mol. The van der Waals surface area contributed by atoms with Crippen molar-refractivity contribution in [1.29, 1.82) is 0 Å². The number of hydrogen-bond acceptors (Lipinski definition) is 2. The van der Waals surface area contributed by atoms with Crippen molar-refractivity contribution in [2.45, 2.75) is 26.6 Å². The fourth-order valence-electron chi connectivity index (χ4n) is 1.05. The Kier molecular flexibility index (Phi) is 2.18. The Hall–Kier alpha value is -0.990. The second kappa shape index (κ2) is 3.81. The van der Waals surface area contributed by atoms with Crippen molar-refractivity contribution in [3.05, 3.63) is 12.3 Å². The molecule has 1 N–H and O–H groups in total. The van der Waals surface area contributed by atoms with Crippen LogP contribution >= 0.6 is 0 Å². The lowest BCUT2D eigenvalue weighted by molar-refractivity contribution is -0.147. The highest BCUT2D eigenvalue weighted by Crippen LogP contribution is 2.21. The first kappa shape index (κ1) is 7.42. The smallest absolute Gasteiger partial charge is 0.309 e. The summed E-state index contributed by atoms with van der Waals surface area (Å²) in [5, 5.41) is 8.97. The molecule has 0 aromatic heterocycles. The maximum Gasteiger partial charge on any atom is 0.309 e. The molecule has 1 rings (SSSR count). The van der Waals surface area contributed by atoms with E-state index in [1.54, 1.807) is 0 Å². The van der Waals surface area contributed by atoms with Crippen LogP contribution in [-0.2, 0) is 4.79 Å². The van der Waals surface area contributed by atoms with Crippen LogP contribution in [0.15, 0.2) is 12.3 Å². The van der Waals surface area contributed by atoms with Gasteiger partial charge < -0.3 is 10.0 Å². The third-order valence-corrected chi connectivity index (χ3v) is 2.16. The molecular formula is C10H17NO2. The first-order valence-electron chi connectivity index (χ1n) is 5.41. The Morgan fingerprint density at radius 3 is 2.92 bits per heavy atom.